The van der Waals surface area contributed by atoms with E-state index in [1.807, 2.05) is 12.3 Å². The molecule has 1 saturated carbocycles. The van der Waals surface area contributed by atoms with Gasteiger partial charge in [0.1, 0.15) is 11.6 Å². The van der Waals surface area contributed by atoms with Crippen LogP contribution in [0.25, 0.3) is 0 Å². The van der Waals surface area contributed by atoms with Gasteiger partial charge in [-0.15, -0.1) is 0 Å². The van der Waals surface area contributed by atoms with Crippen LogP contribution in [0.2, 0.25) is 0 Å². The first-order valence-corrected chi connectivity index (χ1v) is 8.45. The van der Waals surface area contributed by atoms with Gasteiger partial charge in [-0.25, -0.2) is 9.97 Å². The van der Waals surface area contributed by atoms with Crippen LogP contribution in [-0.2, 0) is 0 Å². The van der Waals surface area contributed by atoms with Crippen LogP contribution in [0.4, 0.5) is 11.6 Å². The SMILES string of the molecule is CSc1nc(N)cc(N2CCCC2C2CCCC2)n1. The molecule has 1 saturated heterocycles. The number of nitrogens with zero attached hydrogens (tertiary/aromatic N) is 3. The molecule has 1 unspecified atom stereocenters. The second-order valence-electron chi connectivity index (χ2n) is 5.59. The topological polar surface area (TPSA) is 55.0 Å². The van der Waals surface area contributed by atoms with E-state index in [2.05, 4.69) is 14.9 Å². The summed E-state index contributed by atoms with van der Waals surface area (Å²) in [4.78, 5) is 11.4. The number of nitrogen functional groups attached to an aromatic ring is 1. The molecule has 2 N–H and O–H groups in total. The smallest absolute Gasteiger partial charge is 0.191 e. The number of rotatable bonds is 3. The number of hydrogen-bond acceptors (Lipinski definition) is 5. The Morgan fingerprint density at radius 1 is 1.21 bits per heavy atom. The standard InChI is InChI=1S/C14H22N4S/c1-19-14-16-12(15)9-13(17-14)18-8-4-7-11(18)10-5-2-3-6-10/h9-11H,2-8H2,1H3,(H2,15,16,17). The molecule has 1 aliphatic heterocycles. The maximum Gasteiger partial charge on any atom is 0.191 e. The molecule has 3 rings (SSSR count). The minimum atomic E-state index is 0.589. The highest BCUT2D eigenvalue weighted by molar-refractivity contribution is 7.98. The fourth-order valence-electron chi connectivity index (χ4n) is 3.58. The molecule has 0 bridgehead atoms. The lowest BCUT2D eigenvalue weighted by atomic mass is 9.96. The lowest BCUT2D eigenvalue weighted by Gasteiger charge is -2.30. The van der Waals surface area contributed by atoms with E-state index in [1.54, 1.807) is 11.8 Å². The molecule has 19 heavy (non-hydrogen) atoms. The molecule has 1 aromatic heterocycles. The minimum Gasteiger partial charge on any atom is -0.383 e. The molecule has 1 aliphatic carbocycles. The molecule has 0 spiro atoms. The summed E-state index contributed by atoms with van der Waals surface area (Å²) in [5, 5.41) is 0.784. The number of hydrogen-bond donors (Lipinski definition) is 1. The zero-order chi connectivity index (χ0) is 13.2. The maximum absolute atomic E-state index is 5.91. The van der Waals surface area contributed by atoms with Gasteiger partial charge >= 0.3 is 0 Å². The van der Waals surface area contributed by atoms with E-state index >= 15 is 0 Å². The number of thioether (sulfide) groups is 1. The Hall–Kier alpha value is -0.970. The van der Waals surface area contributed by atoms with Crippen LogP contribution in [0.3, 0.4) is 0 Å². The summed E-state index contributed by atoms with van der Waals surface area (Å²) >= 11 is 1.56. The van der Waals surface area contributed by atoms with Crippen LogP contribution >= 0.6 is 11.8 Å². The fourth-order valence-corrected chi connectivity index (χ4v) is 3.96. The van der Waals surface area contributed by atoms with E-state index in [4.69, 9.17) is 5.73 Å². The number of nitrogens with two attached hydrogens (primary N) is 1. The zero-order valence-corrected chi connectivity index (χ0v) is 12.3. The molecule has 104 valence electrons. The summed E-state index contributed by atoms with van der Waals surface area (Å²) in [5.74, 6) is 2.48. The molecular weight excluding hydrogens is 256 g/mol. The number of aromatic nitrogens is 2. The first kappa shape index (κ1) is 13.0. The lowest BCUT2D eigenvalue weighted by molar-refractivity contribution is 0.428. The van der Waals surface area contributed by atoms with Crippen molar-refractivity contribution in [1.82, 2.24) is 9.97 Å². The van der Waals surface area contributed by atoms with Gasteiger partial charge in [0.25, 0.3) is 0 Å². The third kappa shape index (κ3) is 2.66. The van der Waals surface area contributed by atoms with Gasteiger partial charge in [0.05, 0.1) is 0 Å². The molecular formula is C14H22N4S. The number of anilines is 2. The van der Waals surface area contributed by atoms with Gasteiger partial charge in [-0.3, -0.25) is 0 Å². The first-order chi connectivity index (χ1) is 9.28. The van der Waals surface area contributed by atoms with Gasteiger partial charge < -0.3 is 10.6 Å². The Labute approximate surface area is 119 Å². The van der Waals surface area contributed by atoms with Gasteiger partial charge in [-0.05, 0) is 37.9 Å². The quantitative estimate of drug-likeness (QED) is 0.680. The summed E-state index contributed by atoms with van der Waals surface area (Å²) in [7, 11) is 0. The van der Waals surface area contributed by atoms with Crippen LogP contribution in [0.15, 0.2) is 11.2 Å². The average Bonchev–Trinajstić information content (AvgIpc) is 3.08. The third-order valence-electron chi connectivity index (χ3n) is 4.43. The van der Waals surface area contributed by atoms with Crippen LogP contribution in [0.1, 0.15) is 38.5 Å². The van der Waals surface area contributed by atoms with E-state index in [-0.39, 0.29) is 0 Å². The van der Waals surface area contributed by atoms with Crippen molar-refractivity contribution in [2.75, 3.05) is 23.4 Å². The molecule has 0 amide bonds. The van der Waals surface area contributed by atoms with Crippen molar-refractivity contribution in [2.45, 2.75) is 49.7 Å². The predicted molar refractivity (Wildman–Crippen MR) is 80.6 cm³/mol. The Morgan fingerprint density at radius 3 is 2.74 bits per heavy atom. The van der Waals surface area contributed by atoms with Crippen molar-refractivity contribution < 1.29 is 0 Å². The zero-order valence-electron chi connectivity index (χ0n) is 11.5. The molecule has 2 heterocycles. The summed E-state index contributed by atoms with van der Waals surface area (Å²) in [6.07, 6.45) is 10.2. The summed E-state index contributed by atoms with van der Waals surface area (Å²) in [6.45, 7) is 1.12. The Morgan fingerprint density at radius 2 is 2.00 bits per heavy atom. The van der Waals surface area contributed by atoms with Gasteiger partial charge in [0.2, 0.25) is 0 Å². The van der Waals surface area contributed by atoms with Crippen LogP contribution in [0, 0.1) is 5.92 Å². The molecule has 2 fully saturated rings. The first-order valence-electron chi connectivity index (χ1n) is 7.23. The average molecular weight is 278 g/mol. The van der Waals surface area contributed by atoms with Crippen molar-refractivity contribution in [3.8, 4) is 0 Å². The van der Waals surface area contributed by atoms with E-state index in [9.17, 15) is 0 Å². The van der Waals surface area contributed by atoms with Gasteiger partial charge in [-0.2, -0.15) is 0 Å². The van der Waals surface area contributed by atoms with Gasteiger partial charge in [0.15, 0.2) is 5.16 Å². The Bertz CT molecular complexity index is 445. The fraction of sp³-hybridized carbons (Fsp3) is 0.714. The predicted octanol–water partition coefficient (Wildman–Crippen LogP) is 2.94. The summed E-state index contributed by atoms with van der Waals surface area (Å²) in [6, 6.07) is 2.61. The molecule has 0 aromatic carbocycles. The Balaban J connectivity index is 1.85. The molecule has 1 atom stereocenters. The van der Waals surface area contributed by atoms with Crippen LogP contribution in [-0.4, -0.2) is 28.8 Å². The highest BCUT2D eigenvalue weighted by Gasteiger charge is 2.34. The normalized spacial score (nSPS) is 24.3. The molecule has 0 radical (unpaired) electrons. The van der Waals surface area contributed by atoms with E-state index in [0.29, 0.717) is 11.9 Å². The highest BCUT2D eigenvalue weighted by atomic mass is 32.2. The molecule has 5 heteroatoms. The second-order valence-corrected chi connectivity index (χ2v) is 6.36. The highest BCUT2D eigenvalue weighted by Crippen LogP contribution is 2.37. The van der Waals surface area contributed by atoms with E-state index < -0.39 is 0 Å². The van der Waals surface area contributed by atoms with Gasteiger partial charge in [-0.1, -0.05) is 24.6 Å². The van der Waals surface area contributed by atoms with Crippen molar-refractivity contribution >= 4 is 23.4 Å². The van der Waals surface area contributed by atoms with Crippen LogP contribution in [0.5, 0.6) is 0 Å². The van der Waals surface area contributed by atoms with Gasteiger partial charge in [0, 0.05) is 18.7 Å². The summed E-state index contributed by atoms with van der Waals surface area (Å²) in [5.41, 5.74) is 5.91. The lowest BCUT2D eigenvalue weighted by Crippen LogP contribution is -2.35. The monoisotopic (exact) mass is 278 g/mol. The third-order valence-corrected chi connectivity index (χ3v) is 4.98. The van der Waals surface area contributed by atoms with Crippen molar-refractivity contribution in [3.05, 3.63) is 6.07 Å². The van der Waals surface area contributed by atoms with Crippen LogP contribution < -0.4 is 10.6 Å². The van der Waals surface area contributed by atoms with Crippen molar-refractivity contribution in [3.63, 3.8) is 0 Å². The van der Waals surface area contributed by atoms with Crippen molar-refractivity contribution in [2.24, 2.45) is 5.92 Å². The molecule has 2 aliphatic rings. The molecule has 4 nitrogen and oxygen atoms in total. The second kappa shape index (κ2) is 5.57. The van der Waals surface area contributed by atoms with Crippen molar-refractivity contribution in [1.29, 1.82) is 0 Å². The minimum absolute atomic E-state index is 0.589. The van der Waals surface area contributed by atoms with E-state index in [0.717, 1.165) is 23.4 Å². The maximum atomic E-state index is 5.91. The molecule has 1 aromatic rings. The Kier molecular flexibility index (Phi) is 3.82. The largest absolute Gasteiger partial charge is 0.383 e. The summed E-state index contributed by atoms with van der Waals surface area (Å²) < 4.78 is 0. The van der Waals surface area contributed by atoms with E-state index in [1.165, 1.54) is 38.5 Å².